The van der Waals surface area contributed by atoms with Gasteiger partial charge in [-0.2, -0.15) is 0 Å². The van der Waals surface area contributed by atoms with Crippen LogP contribution >= 0.6 is 0 Å². The van der Waals surface area contributed by atoms with E-state index in [9.17, 15) is 19.2 Å². The number of carbonyl (C=O) groups is 3. The first-order valence-electron chi connectivity index (χ1n) is 10.3. The molecular weight excluding hydrogens is 426 g/mol. The van der Waals surface area contributed by atoms with Gasteiger partial charge in [-0.05, 0) is 48.9 Å². The van der Waals surface area contributed by atoms with Gasteiger partial charge in [0.15, 0.2) is 19.0 Å². The van der Waals surface area contributed by atoms with Crippen molar-refractivity contribution in [3.05, 3.63) is 70.1 Å². The van der Waals surface area contributed by atoms with Crippen LogP contribution in [0.15, 0.2) is 57.7 Å². The lowest BCUT2D eigenvalue weighted by molar-refractivity contribution is -0.144. The number of amides is 1. The second kappa shape index (κ2) is 9.68. The number of anilines is 1. The fraction of sp³-hybridized carbons (Fsp3) is 0.280. The van der Waals surface area contributed by atoms with Gasteiger partial charge in [-0.25, -0.2) is 9.59 Å². The predicted molar refractivity (Wildman–Crippen MR) is 123 cm³/mol. The second-order valence-electron chi connectivity index (χ2n) is 8.56. The first kappa shape index (κ1) is 23.7. The van der Waals surface area contributed by atoms with Crippen LogP contribution in [-0.4, -0.2) is 30.9 Å². The molecule has 8 heteroatoms. The van der Waals surface area contributed by atoms with E-state index in [1.807, 2.05) is 0 Å². The number of ketones is 1. The minimum Gasteiger partial charge on any atom is -0.482 e. The monoisotopic (exact) mass is 451 g/mol. The average molecular weight is 451 g/mol. The molecule has 3 rings (SSSR count). The molecular formula is C25H25NO7. The van der Waals surface area contributed by atoms with E-state index < -0.39 is 30.2 Å². The lowest BCUT2D eigenvalue weighted by Crippen LogP contribution is -2.27. The third-order valence-electron chi connectivity index (χ3n) is 4.79. The summed E-state index contributed by atoms with van der Waals surface area (Å²) in [5, 5.41) is 3.53. The van der Waals surface area contributed by atoms with E-state index >= 15 is 0 Å². The molecule has 1 heterocycles. The van der Waals surface area contributed by atoms with Crippen molar-refractivity contribution < 1.29 is 28.3 Å². The van der Waals surface area contributed by atoms with Gasteiger partial charge in [0.25, 0.3) is 0 Å². The van der Waals surface area contributed by atoms with Crippen molar-refractivity contribution in [2.24, 2.45) is 5.41 Å². The molecule has 2 aromatic carbocycles. The SMILES string of the molecule is Cc1cc(=O)oc2cc(OCC(=O)OCC(=O)c3ccc(NC(=O)C(C)(C)C)cc3)ccc12. The van der Waals surface area contributed by atoms with Crippen LogP contribution in [0.5, 0.6) is 5.75 Å². The maximum Gasteiger partial charge on any atom is 0.344 e. The van der Waals surface area contributed by atoms with Crippen LogP contribution in [0.4, 0.5) is 5.69 Å². The molecule has 33 heavy (non-hydrogen) atoms. The highest BCUT2D eigenvalue weighted by atomic mass is 16.6. The average Bonchev–Trinajstić information content (AvgIpc) is 2.75. The lowest BCUT2D eigenvalue weighted by atomic mass is 9.95. The zero-order chi connectivity index (χ0) is 24.2. The van der Waals surface area contributed by atoms with Crippen LogP contribution < -0.4 is 15.7 Å². The van der Waals surface area contributed by atoms with Gasteiger partial charge >= 0.3 is 11.6 Å². The number of aryl methyl sites for hydroxylation is 1. The molecule has 0 atom stereocenters. The minimum absolute atomic E-state index is 0.140. The normalized spacial score (nSPS) is 11.2. The molecule has 0 unspecified atom stereocenters. The molecule has 0 saturated carbocycles. The molecule has 0 aliphatic carbocycles. The minimum atomic E-state index is -0.719. The van der Waals surface area contributed by atoms with Crippen molar-refractivity contribution in [3.63, 3.8) is 0 Å². The van der Waals surface area contributed by atoms with Gasteiger partial charge in [0.2, 0.25) is 5.91 Å². The smallest absolute Gasteiger partial charge is 0.344 e. The van der Waals surface area contributed by atoms with E-state index in [2.05, 4.69) is 5.32 Å². The van der Waals surface area contributed by atoms with Gasteiger partial charge in [-0.1, -0.05) is 20.8 Å². The highest BCUT2D eigenvalue weighted by Crippen LogP contribution is 2.22. The van der Waals surface area contributed by atoms with Crippen molar-refractivity contribution in [1.82, 2.24) is 0 Å². The van der Waals surface area contributed by atoms with Gasteiger partial charge in [0.05, 0.1) is 0 Å². The number of benzene rings is 2. The van der Waals surface area contributed by atoms with E-state index in [1.54, 1.807) is 64.1 Å². The van der Waals surface area contributed by atoms with E-state index in [-0.39, 0.29) is 11.7 Å². The quantitative estimate of drug-likeness (QED) is 0.329. The van der Waals surface area contributed by atoms with Crippen molar-refractivity contribution in [3.8, 4) is 5.75 Å². The number of rotatable bonds is 7. The van der Waals surface area contributed by atoms with Crippen LogP contribution in [0.1, 0.15) is 36.7 Å². The van der Waals surface area contributed by atoms with E-state index in [0.717, 1.165) is 10.9 Å². The van der Waals surface area contributed by atoms with Crippen molar-refractivity contribution in [1.29, 1.82) is 0 Å². The van der Waals surface area contributed by atoms with E-state index in [4.69, 9.17) is 13.9 Å². The number of nitrogens with one attached hydrogen (secondary N) is 1. The Morgan fingerprint density at radius 3 is 2.33 bits per heavy atom. The Labute approximate surface area is 190 Å². The van der Waals surface area contributed by atoms with E-state index in [1.165, 1.54) is 12.1 Å². The number of ether oxygens (including phenoxy) is 2. The Morgan fingerprint density at radius 2 is 1.67 bits per heavy atom. The fourth-order valence-electron chi connectivity index (χ4n) is 2.87. The molecule has 3 aromatic rings. The number of hydrogen-bond donors (Lipinski definition) is 1. The first-order valence-corrected chi connectivity index (χ1v) is 10.3. The van der Waals surface area contributed by atoms with Crippen molar-refractivity contribution in [2.75, 3.05) is 18.5 Å². The van der Waals surface area contributed by atoms with Gasteiger partial charge < -0.3 is 19.2 Å². The maximum absolute atomic E-state index is 12.3. The molecule has 0 bridgehead atoms. The predicted octanol–water partition coefficient (Wildman–Crippen LogP) is 3.89. The largest absolute Gasteiger partial charge is 0.482 e. The molecule has 0 radical (unpaired) electrons. The molecule has 0 saturated heterocycles. The Balaban J connectivity index is 1.50. The summed E-state index contributed by atoms with van der Waals surface area (Å²) in [5.41, 5.74) is 1.03. The van der Waals surface area contributed by atoms with Crippen LogP contribution in [0.25, 0.3) is 11.0 Å². The zero-order valence-corrected chi connectivity index (χ0v) is 18.9. The summed E-state index contributed by atoms with van der Waals surface area (Å²) in [5.74, 6) is -0.921. The number of carbonyl (C=O) groups excluding carboxylic acids is 3. The molecule has 0 aliphatic heterocycles. The topological polar surface area (TPSA) is 112 Å². The number of fused-ring (bicyclic) bond motifs is 1. The van der Waals surface area contributed by atoms with E-state index in [0.29, 0.717) is 22.6 Å². The summed E-state index contributed by atoms with van der Waals surface area (Å²) in [6.45, 7) is 6.35. The van der Waals surface area contributed by atoms with Gasteiger partial charge in [-0.3, -0.25) is 9.59 Å². The highest BCUT2D eigenvalue weighted by molar-refractivity contribution is 5.99. The number of esters is 1. The fourth-order valence-corrected chi connectivity index (χ4v) is 2.87. The summed E-state index contributed by atoms with van der Waals surface area (Å²) in [6, 6.07) is 12.6. The molecule has 8 nitrogen and oxygen atoms in total. The Kier molecular flexibility index (Phi) is 6.96. The summed E-state index contributed by atoms with van der Waals surface area (Å²) in [4.78, 5) is 47.8. The Morgan fingerprint density at radius 1 is 0.970 bits per heavy atom. The molecule has 1 amide bonds. The van der Waals surface area contributed by atoms with Crippen LogP contribution in [0.2, 0.25) is 0 Å². The molecule has 0 spiro atoms. The number of Topliss-reactive ketones (excluding diaryl/α,β-unsaturated/α-hetero) is 1. The summed E-state index contributed by atoms with van der Waals surface area (Å²) >= 11 is 0. The molecule has 0 aliphatic rings. The summed E-state index contributed by atoms with van der Waals surface area (Å²) in [7, 11) is 0. The standard InChI is InChI=1S/C25H25NO7/c1-15-11-22(28)33-21-12-18(9-10-19(15)21)31-14-23(29)32-13-20(27)16-5-7-17(8-6-16)26-24(30)25(2,3)4/h5-12H,13-14H2,1-4H3,(H,26,30). The molecule has 1 aromatic heterocycles. The zero-order valence-electron chi connectivity index (χ0n) is 18.9. The van der Waals surface area contributed by atoms with Gasteiger partial charge in [-0.15, -0.1) is 0 Å². The lowest BCUT2D eigenvalue weighted by Gasteiger charge is -2.17. The van der Waals surface area contributed by atoms with Crippen LogP contribution in [0.3, 0.4) is 0 Å². The van der Waals surface area contributed by atoms with Gasteiger partial charge in [0, 0.05) is 34.2 Å². The Hall–Kier alpha value is -3.94. The Bertz CT molecular complexity index is 1250. The molecule has 172 valence electrons. The molecule has 1 N–H and O–H groups in total. The highest BCUT2D eigenvalue weighted by Gasteiger charge is 2.21. The van der Waals surface area contributed by atoms with Crippen molar-refractivity contribution in [2.45, 2.75) is 27.7 Å². The third-order valence-corrected chi connectivity index (χ3v) is 4.79. The van der Waals surface area contributed by atoms with Gasteiger partial charge in [0.1, 0.15) is 11.3 Å². The summed E-state index contributed by atoms with van der Waals surface area (Å²) < 4.78 is 15.5. The second-order valence-corrected chi connectivity index (χ2v) is 8.56. The summed E-state index contributed by atoms with van der Waals surface area (Å²) in [6.07, 6.45) is 0. The first-order chi connectivity index (χ1) is 15.5. The number of hydrogen-bond acceptors (Lipinski definition) is 7. The molecule has 0 fully saturated rings. The van der Waals surface area contributed by atoms with Crippen LogP contribution in [-0.2, 0) is 14.3 Å². The third kappa shape index (κ3) is 6.29. The van der Waals surface area contributed by atoms with Crippen molar-refractivity contribution >= 4 is 34.3 Å². The maximum atomic E-state index is 12.3. The van der Waals surface area contributed by atoms with Crippen LogP contribution in [0, 0.1) is 12.3 Å².